The lowest BCUT2D eigenvalue weighted by Gasteiger charge is -2.37. The zero-order valence-corrected chi connectivity index (χ0v) is 11.8. The molecule has 1 aliphatic heterocycles. The number of hydrogen-bond acceptors (Lipinski definition) is 3. The summed E-state index contributed by atoms with van der Waals surface area (Å²) in [4.78, 5) is 25.1. The summed E-state index contributed by atoms with van der Waals surface area (Å²) in [5.74, 6) is -0.891. The predicted molar refractivity (Wildman–Crippen MR) is 76.7 cm³/mol. The Kier molecular flexibility index (Phi) is 4.13. The van der Waals surface area contributed by atoms with Crippen LogP contribution in [0, 0.1) is 16.7 Å². The zero-order valence-electron chi connectivity index (χ0n) is 11.8. The van der Waals surface area contributed by atoms with Gasteiger partial charge in [-0.15, -0.1) is 0 Å². The van der Waals surface area contributed by atoms with Crippen LogP contribution in [0.1, 0.15) is 25.3 Å². The second kappa shape index (κ2) is 5.83. The molecule has 6 nitrogen and oxygen atoms in total. The summed E-state index contributed by atoms with van der Waals surface area (Å²) >= 11 is 0. The Labute approximate surface area is 123 Å². The Morgan fingerprint density at radius 2 is 2.14 bits per heavy atom. The highest BCUT2D eigenvalue weighted by Crippen LogP contribution is 2.30. The van der Waals surface area contributed by atoms with Crippen molar-refractivity contribution in [3.8, 4) is 6.07 Å². The van der Waals surface area contributed by atoms with Crippen molar-refractivity contribution in [1.29, 1.82) is 5.26 Å². The van der Waals surface area contributed by atoms with Crippen LogP contribution in [-0.4, -0.2) is 35.1 Å². The first-order valence-electron chi connectivity index (χ1n) is 6.75. The summed E-state index contributed by atoms with van der Waals surface area (Å²) in [6, 6.07) is 8.36. The zero-order chi connectivity index (χ0) is 15.5. The Balaban J connectivity index is 2.10. The van der Waals surface area contributed by atoms with Crippen LogP contribution in [0.4, 0.5) is 10.5 Å². The van der Waals surface area contributed by atoms with Crippen molar-refractivity contribution in [1.82, 2.24) is 4.90 Å². The van der Waals surface area contributed by atoms with Gasteiger partial charge in [-0.1, -0.05) is 12.1 Å². The molecule has 0 bridgehead atoms. The molecule has 110 valence electrons. The quantitative estimate of drug-likeness (QED) is 0.872. The van der Waals surface area contributed by atoms with Crippen LogP contribution >= 0.6 is 0 Å². The number of carboxylic acids is 1. The number of rotatable bonds is 2. The fourth-order valence-corrected chi connectivity index (χ4v) is 2.47. The highest BCUT2D eigenvalue weighted by atomic mass is 16.4. The largest absolute Gasteiger partial charge is 0.481 e. The number of nitrogens with zero attached hydrogens (tertiary/aromatic N) is 2. The number of benzene rings is 1. The SMILES string of the molecule is CC1(C(=O)O)CCCN(C(=O)Nc2ccccc2C#N)C1. The Bertz CT molecular complexity index is 608. The van der Waals surface area contributed by atoms with E-state index in [0.717, 1.165) is 0 Å². The van der Waals surface area contributed by atoms with Gasteiger partial charge in [0.1, 0.15) is 6.07 Å². The van der Waals surface area contributed by atoms with E-state index in [1.54, 1.807) is 31.2 Å². The maximum atomic E-state index is 12.3. The minimum atomic E-state index is -0.912. The van der Waals surface area contributed by atoms with Gasteiger partial charge in [0.05, 0.1) is 16.7 Å². The van der Waals surface area contributed by atoms with Crippen LogP contribution in [0.3, 0.4) is 0 Å². The molecular weight excluding hydrogens is 270 g/mol. The van der Waals surface area contributed by atoms with Crippen molar-refractivity contribution < 1.29 is 14.7 Å². The minimum absolute atomic E-state index is 0.170. The van der Waals surface area contributed by atoms with Crippen LogP contribution in [0.2, 0.25) is 0 Å². The molecule has 0 radical (unpaired) electrons. The number of nitriles is 1. The molecule has 2 N–H and O–H groups in total. The van der Waals surface area contributed by atoms with Crippen LogP contribution in [-0.2, 0) is 4.79 Å². The monoisotopic (exact) mass is 287 g/mol. The van der Waals surface area contributed by atoms with E-state index in [2.05, 4.69) is 5.32 Å². The van der Waals surface area contributed by atoms with Gasteiger partial charge in [0.25, 0.3) is 0 Å². The van der Waals surface area contributed by atoms with Gasteiger partial charge in [0.2, 0.25) is 0 Å². The number of carbonyl (C=O) groups is 2. The summed E-state index contributed by atoms with van der Waals surface area (Å²) in [6.07, 6.45) is 1.21. The molecule has 1 saturated heterocycles. The lowest BCUT2D eigenvalue weighted by molar-refractivity contribution is -0.150. The van der Waals surface area contributed by atoms with Crippen molar-refractivity contribution in [2.24, 2.45) is 5.41 Å². The van der Waals surface area contributed by atoms with Crippen molar-refractivity contribution >= 4 is 17.7 Å². The molecule has 1 fully saturated rings. The van der Waals surface area contributed by atoms with Gasteiger partial charge in [0, 0.05) is 13.1 Å². The lowest BCUT2D eigenvalue weighted by Crippen LogP contribution is -2.49. The number of carboxylic acid groups (broad SMARTS) is 1. The number of para-hydroxylation sites is 1. The molecule has 2 amide bonds. The first-order valence-corrected chi connectivity index (χ1v) is 6.75. The van der Waals surface area contributed by atoms with E-state index >= 15 is 0 Å². The molecule has 1 aromatic carbocycles. The average Bonchev–Trinajstić information content (AvgIpc) is 2.47. The van der Waals surface area contributed by atoms with Crippen LogP contribution in [0.5, 0.6) is 0 Å². The molecule has 0 saturated carbocycles. The summed E-state index contributed by atoms with van der Waals surface area (Å²) in [5.41, 5.74) is -0.0962. The second-order valence-electron chi connectivity index (χ2n) is 5.48. The van der Waals surface area contributed by atoms with E-state index in [9.17, 15) is 14.7 Å². The number of amides is 2. The first kappa shape index (κ1) is 14.9. The maximum absolute atomic E-state index is 12.3. The summed E-state index contributed by atoms with van der Waals surface area (Å²) in [6.45, 7) is 2.34. The first-order chi connectivity index (χ1) is 9.96. The Hall–Kier alpha value is -2.55. The number of nitrogens with one attached hydrogen (secondary N) is 1. The molecule has 6 heteroatoms. The van der Waals surface area contributed by atoms with Gasteiger partial charge in [-0.2, -0.15) is 5.26 Å². The minimum Gasteiger partial charge on any atom is -0.481 e. The number of urea groups is 1. The molecule has 1 aliphatic rings. The molecule has 1 unspecified atom stereocenters. The fourth-order valence-electron chi connectivity index (χ4n) is 2.47. The molecule has 2 rings (SSSR count). The Morgan fingerprint density at radius 3 is 2.81 bits per heavy atom. The maximum Gasteiger partial charge on any atom is 0.321 e. The lowest BCUT2D eigenvalue weighted by atomic mass is 9.82. The molecule has 1 atom stereocenters. The molecule has 1 heterocycles. The third-order valence-corrected chi connectivity index (χ3v) is 3.79. The summed E-state index contributed by atoms with van der Waals surface area (Å²) in [7, 11) is 0. The van der Waals surface area contributed by atoms with Crippen molar-refractivity contribution in [2.75, 3.05) is 18.4 Å². The van der Waals surface area contributed by atoms with E-state index in [0.29, 0.717) is 30.6 Å². The van der Waals surface area contributed by atoms with Gasteiger partial charge in [-0.25, -0.2) is 4.79 Å². The van der Waals surface area contributed by atoms with Crippen LogP contribution < -0.4 is 5.32 Å². The molecule has 0 spiro atoms. The normalized spacial score (nSPS) is 21.4. The molecule has 0 aliphatic carbocycles. The van der Waals surface area contributed by atoms with Crippen LogP contribution in [0.15, 0.2) is 24.3 Å². The predicted octanol–water partition coefficient (Wildman–Crippen LogP) is 2.28. The van der Waals surface area contributed by atoms with E-state index < -0.39 is 11.4 Å². The fraction of sp³-hybridized carbons (Fsp3) is 0.400. The number of hydrogen-bond donors (Lipinski definition) is 2. The summed E-state index contributed by atoms with van der Waals surface area (Å²) < 4.78 is 0. The number of anilines is 1. The standard InChI is InChI=1S/C15H17N3O3/c1-15(13(19)20)7-4-8-18(10-15)14(21)17-12-6-3-2-5-11(12)9-16/h2-3,5-6H,4,7-8,10H2,1H3,(H,17,21)(H,19,20). The highest BCUT2D eigenvalue weighted by molar-refractivity contribution is 5.91. The number of aliphatic carboxylic acids is 1. The van der Waals surface area contributed by atoms with Crippen LogP contribution in [0.25, 0.3) is 0 Å². The van der Waals surface area contributed by atoms with Gasteiger partial charge in [-0.3, -0.25) is 4.79 Å². The van der Waals surface area contributed by atoms with E-state index in [1.165, 1.54) is 4.90 Å². The van der Waals surface area contributed by atoms with E-state index in [1.807, 2.05) is 6.07 Å². The molecule has 1 aromatic rings. The third-order valence-electron chi connectivity index (χ3n) is 3.79. The number of carbonyl (C=O) groups excluding carboxylic acids is 1. The molecule has 0 aromatic heterocycles. The van der Waals surface area contributed by atoms with Crippen molar-refractivity contribution in [2.45, 2.75) is 19.8 Å². The Morgan fingerprint density at radius 1 is 1.43 bits per heavy atom. The highest BCUT2D eigenvalue weighted by Gasteiger charge is 2.39. The van der Waals surface area contributed by atoms with Gasteiger partial charge < -0.3 is 15.3 Å². The van der Waals surface area contributed by atoms with Crippen molar-refractivity contribution in [3.05, 3.63) is 29.8 Å². The number of piperidine rings is 1. The van der Waals surface area contributed by atoms with Gasteiger partial charge >= 0.3 is 12.0 Å². The number of likely N-dealkylation sites (tertiary alicyclic amines) is 1. The topological polar surface area (TPSA) is 93.4 Å². The van der Waals surface area contributed by atoms with E-state index in [-0.39, 0.29) is 12.6 Å². The summed E-state index contributed by atoms with van der Waals surface area (Å²) in [5, 5.41) is 21.0. The van der Waals surface area contributed by atoms with Gasteiger partial charge in [-0.05, 0) is 31.9 Å². The molecular formula is C15H17N3O3. The molecule has 21 heavy (non-hydrogen) atoms. The average molecular weight is 287 g/mol. The van der Waals surface area contributed by atoms with Crippen molar-refractivity contribution in [3.63, 3.8) is 0 Å². The third kappa shape index (κ3) is 3.14. The smallest absolute Gasteiger partial charge is 0.321 e. The van der Waals surface area contributed by atoms with Gasteiger partial charge in [0.15, 0.2) is 0 Å². The second-order valence-corrected chi connectivity index (χ2v) is 5.48. The van der Waals surface area contributed by atoms with E-state index in [4.69, 9.17) is 5.26 Å².